The quantitative estimate of drug-likeness (QED) is 0.894. The fourth-order valence-electron chi connectivity index (χ4n) is 1.85. The smallest absolute Gasteiger partial charge is 0.128 e. The predicted molar refractivity (Wildman–Crippen MR) is 73.1 cm³/mol. The van der Waals surface area contributed by atoms with Crippen molar-refractivity contribution in [1.29, 1.82) is 0 Å². The van der Waals surface area contributed by atoms with Crippen LogP contribution in [0.5, 0.6) is 11.5 Å². The van der Waals surface area contributed by atoms with E-state index in [1.807, 2.05) is 38.4 Å². The molecule has 0 radical (unpaired) electrons. The largest absolute Gasteiger partial charge is 0.497 e. The van der Waals surface area contributed by atoms with Crippen molar-refractivity contribution in [3.63, 3.8) is 0 Å². The van der Waals surface area contributed by atoms with Gasteiger partial charge in [-0.15, -0.1) is 0 Å². The van der Waals surface area contributed by atoms with Gasteiger partial charge < -0.3 is 15.2 Å². The van der Waals surface area contributed by atoms with E-state index in [0.29, 0.717) is 6.61 Å². The Labute approximate surface area is 112 Å². The number of ether oxygens (including phenoxy) is 2. The Morgan fingerprint density at radius 1 is 1.42 bits per heavy atom. The van der Waals surface area contributed by atoms with Gasteiger partial charge in [-0.1, -0.05) is 6.07 Å². The van der Waals surface area contributed by atoms with Crippen LogP contribution in [0.25, 0.3) is 0 Å². The van der Waals surface area contributed by atoms with Crippen molar-refractivity contribution in [3.8, 4) is 11.5 Å². The molecule has 1 atom stereocenters. The number of nitrogens with zero attached hydrogens (tertiary/aromatic N) is 2. The van der Waals surface area contributed by atoms with Crippen LogP contribution >= 0.6 is 0 Å². The average Bonchev–Trinajstić information content (AvgIpc) is 2.81. The van der Waals surface area contributed by atoms with Crippen LogP contribution in [0.1, 0.15) is 24.1 Å². The van der Waals surface area contributed by atoms with Gasteiger partial charge in [-0.2, -0.15) is 5.10 Å². The Bertz CT molecular complexity index is 549. The Morgan fingerprint density at radius 3 is 2.79 bits per heavy atom. The molecule has 0 bridgehead atoms. The van der Waals surface area contributed by atoms with Gasteiger partial charge in [-0.05, 0) is 13.0 Å². The van der Waals surface area contributed by atoms with E-state index < -0.39 is 0 Å². The van der Waals surface area contributed by atoms with E-state index in [4.69, 9.17) is 15.2 Å². The number of rotatable bonds is 5. The van der Waals surface area contributed by atoms with Crippen molar-refractivity contribution >= 4 is 0 Å². The second kappa shape index (κ2) is 5.75. The summed E-state index contributed by atoms with van der Waals surface area (Å²) in [6, 6.07) is 5.59. The second-order valence-electron chi connectivity index (χ2n) is 4.50. The van der Waals surface area contributed by atoms with Crippen LogP contribution in [-0.2, 0) is 13.7 Å². The van der Waals surface area contributed by atoms with Crippen molar-refractivity contribution in [2.75, 3.05) is 7.11 Å². The molecule has 2 aromatic rings. The van der Waals surface area contributed by atoms with E-state index in [1.54, 1.807) is 18.0 Å². The normalized spacial score (nSPS) is 12.2. The van der Waals surface area contributed by atoms with Crippen LogP contribution in [0.4, 0.5) is 0 Å². The van der Waals surface area contributed by atoms with Gasteiger partial charge in [0.25, 0.3) is 0 Å². The molecule has 0 spiro atoms. The minimum Gasteiger partial charge on any atom is -0.497 e. The van der Waals surface area contributed by atoms with Crippen molar-refractivity contribution < 1.29 is 9.47 Å². The topological polar surface area (TPSA) is 62.3 Å². The summed E-state index contributed by atoms with van der Waals surface area (Å²) >= 11 is 0. The summed E-state index contributed by atoms with van der Waals surface area (Å²) in [7, 11) is 3.51. The zero-order valence-corrected chi connectivity index (χ0v) is 11.5. The Hall–Kier alpha value is -2.01. The molecule has 0 saturated heterocycles. The SMILES string of the molecule is COc1ccc(C(C)N)c(OCc2cnn(C)c2)c1. The molecule has 0 aliphatic carbocycles. The van der Waals surface area contributed by atoms with Crippen molar-refractivity contribution in [2.24, 2.45) is 12.8 Å². The van der Waals surface area contributed by atoms with E-state index in [2.05, 4.69) is 5.10 Å². The second-order valence-corrected chi connectivity index (χ2v) is 4.50. The molecule has 1 heterocycles. The summed E-state index contributed by atoms with van der Waals surface area (Å²) in [5.41, 5.74) is 7.92. The molecule has 0 fully saturated rings. The number of aromatic nitrogens is 2. The molecular weight excluding hydrogens is 242 g/mol. The van der Waals surface area contributed by atoms with Crippen molar-refractivity contribution in [2.45, 2.75) is 19.6 Å². The molecule has 0 aliphatic heterocycles. The van der Waals surface area contributed by atoms with Gasteiger partial charge in [-0.3, -0.25) is 4.68 Å². The molecule has 0 amide bonds. The first kappa shape index (κ1) is 13.4. The van der Waals surface area contributed by atoms with Gasteiger partial charge in [0, 0.05) is 36.5 Å². The summed E-state index contributed by atoms with van der Waals surface area (Å²) in [6.07, 6.45) is 3.71. The molecule has 2 rings (SSSR count). The van der Waals surface area contributed by atoms with E-state index in [9.17, 15) is 0 Å². The molecule has 5 nitrogen and oxygen atoms in total. The lowest BCUT2D eigenvalue weighted by atomic mass is 10.1. The summed E-state index contributed by atoms with van der Waals surface area (Å²) < 4.78 is 12.8. The number of methoxy groups -OCH3 is 1. The van der Waals surface area contributed by atoms with Crippen molar-refractivity contribution in [3.05, 3.63) is 41.7 Å². The Balaban J connectivity index is 2.17. The predicted octanol–water partition coefficient (Wildman–Crippen LogP) is 2.03. The maximum atomic E-state index is 5.94. The molecule has 1 aromatic carbocycles. The van der Waals surface area contributed by atoms with Crippen LogP contribution < -0.4 is 15.2 Å². The highest BCUT2D eigenvalue weighted by Crippen LogP contribution is 2.29. The standard InChI is InChI=1S/C14H19N3O2/c1-10(15)13-5-4-12(18-3)6-14(13)19-9-11-7-16-17(2)8-11/h4-8,10H,9,15H2,1-3H3. The minimum absolute atomic E-state index is 0.0881. The number of hydrogen-bond acceptors (Lipinski definition) is 4. The lowest BCUT2D eigenvalue weighted by Crippen LogP contribution is -2.08. The molecule has 19 heavy (non-hydrogen) atoms. The highest BCUT2D eigenvalue weighted by molar-refractivity contribution is 5.42. The fourth-order valence-corrected chi connectivity index (χ4v) is 1.85. The lowest BCUT2D eigenvalue weighted by Gasteiger charge is -2.14. The van der Waals surface area contributed by atoms with Crippen LogP contribution in [-0.4, -0.2) is 16.9 Å². The van der Waals surface area contributed by atoms with Gasteiger partial charge in [0.1, 0.15) is 18.1 Å². The lowest BCUT2D eigenvalue weighted by molar-refractivity contribution is 0.299. The molecule has 0 saturated carbocycles. The Morgan fingerprint density at radius 2 is 2.21 bits per heavy atom. The van der Waals surface area contributed by atoms with E-state index >= 15 is 0 Å². The van der Waals surface area contributed by atoms with E-state index in [-0.39, 0.29) is 6.04 Å². The molecule has 2 N–H and O–H groups in total. The number of nitrogens with two attached hydrogens (primary N) is 1. The zero-order chi connectivity index (χ0) is 13.8. The maximum absolute atomic E-state index is 5.94. The van der Waals surface area contributed by atoms with Gasteiger partial charge >= 0.3 is 0 Å². The third kappa shape index (κ3) is 3.26. The highest BCUT2D eigenvalue weighted by Gasteiger charge is 2.10. The van der Waals surface area contributed by atoms with Gasteiger partial charge in [0.15, 0.2) is 0 Å². The molecule has 102 valence electrons. The van der Waals surface area contributed by atoms with Gasteiger partial charge in [0.05, 0.1) is 13.3 Å². The van der Waals surface area contributed by atoms with Crippen LogP contribution in [0.15, 0.2) is 30.6 Å². The summed E-state index contributed by atoms with van der Waals surface area (Å²) in [5, 5.41) is 4.11. The van der Waals surface area contributed by atoms with Crippen LogP contribution in [0, 0.1) is 0 Å². The average molecular weight is 261 g/mol. The first-order valence-corrected chi connectivity index (χ1v) is 6.14. The van der Waals surface area contributed by atoms with Crippen LogP contribution in [0.3, 0.4) is 0 Å². The maximum Gasteiger partial charge on any atom is 0.128 e. The summed E-state index contributed by atoms with van der Waals surface area (Å²) in [6.45, 7) is 2.39. The zero-order valence-electron chi connectivity index (χ0n) is 11.5. The van der Waals surface area contributed by atoms with Gasteiger partial charge in [0.2, 0.25) is 0 Å². The summed E-state index contributed by atoms with van der Waals surface area (Å²) in [5.74, 6) is 1.50. The van der Waals surface area contributed by atoms with Crippen LogP contribution in [0.2, 0.25) is 0 Å². The summed E-state index contributed by atoms with van der Waals surface area (Å²) in [4.78, 5) is 0. The molecule has 1 unspecified atom stereocenters. The number of aryl methyl sites for hydroxylation is 1. The third-order valence-electron chi connectivity index (χ3n) is 2.86. The molecule has 0 aliphatic rings. The monoisotopic (exact) mass is 261 g/mol. The highest BCUT2D eigenvalue weighted by atomic mass is 16.5. The Kier molecular flexibility index (Phi) is 4.06. The molecular formula is C14H19N3O2. The number of benzene rings is 1. The fraction of sp³-hybridized carbons (Fsp3) is 0.357. The first-order valence-electron chi connectivity index (χ1n) is 6.14. The van der Waals surface area contributed by atoms with E-state index in [0.717, 1.165) is 22.6 Å². The molecule has 1 aromatic heterocycles. The molecule has 5 heteroatoms. The van der Waals surface area contributed by atoms with Gasteiger partial charge in [-0.25, -0.2) is 0 Å². The first-order chi connectivity index (χ1) is 9.10. The minimum atomic E-state index is -0.0881. The van der Waals surface area contributed by atoms with E-state index in [1.165, 1.54) is 0 Å². The third-order valence-corrected chi connectivity index (χ3v) is 2.86. The van der Waals surface area contributed by atoms with Crippen molar-refractivity contribution in [1.82, 2.24) is 9.78 Å². The number of hydrogen-bond donors (Lipinski definition) is 1.